The molecule has 0 aromatic heterocycles. The maximum absolute atomic E-state index is 9.47. The minimum absolute atomic E-state index is 0.101. The maximum Gasteiger partial charge on any atom is 0.128 e. The number of hydrogen-bond acceptors (Lipinski definition) is 2. The van der Waals surface area contributed by atoms with Gasteiger partial charge in [-0.2, -0.15) is 0 Å². The highest BCUT2D eigenvalue weighted by Crippen LogP contribution is 2.38. The van der Waals surface area contributed by atoms with Gasteiger partial charge in [-0.1, -0.05) is 40.7 Å². The van der Waals surface area contributed by atoms with Crippen molar-refractivity contribution in [2.75, 3.05) is 0 Å². The maximum atomic E-state index is 9.47. The fraction of sp³-hybridized carbons (Fsp3) is 0.571. The van der Waals surface area contributed by atoms with Crippen molar-refractivity contribution in [3.05, 3.63) is 23.8 Å². The predicted molar refractivity (Wildman–Crippen MR) is 72.5 cm³/mol. The molecule has 0 heterocycles. The normalized spacial score (nSPS) is 12.9. The Morgan fingerprint density at radius 2 is 1.69 bits per heavy atom. The van der Waals surface area contributed by atoms with E-state index in [4.69, 9.17) is 0 Å². The zero-order valence-electron chi connectivity index (χ0n) is 10.8. The molecule has 1 aromatic rings. The van der Waals surface area contributed by atoms with Gasteiger partial charge in [0.1, 0.15) is 5.75 Å². The summed E-state index contributed by atoms with van der Waals surface area (Å²) in [6.07, 6.45) is 1.10. The Labute approximate surface area is 104 Å². The molecule has 0 amide bonds. The molecule has 0 aliphatic rings. The first-order valence-corrected chi connectivity index (χ1v) is 6.09. The molecule has 0 saturated carbocycles. The largest absolute Gasteiger partial charge is 0.507 e. The summed E-state index contributed by atoms with van der Waals surface area (Å²) in [5.41, 5.74) is 1.62. The third-order valence-corrected chi connectivity index (χ3v) is 3.09. The van der Waals surface area contributed by atoms with Crippen LogP contribution in [0.1, 0.15) is 46.6 Å². The summed E-state index contributed by atoms with van der Waals surface area (Å²) < 4.78 is 0. The van der Waals surface area contributed by atoms with Crippen LogP contribution in [0.5, 0.6) is 5.75 Å². The van der Waals surface area contributed by atoms with Crippen molar-refractivity contribution >= 4 is 12.6 Å². The molecule has 1 rings (SSSR count). The van der Waals surface area contributed by atoms with Crippen molar-refractivity contribution in [3.63, 3.8) is 0 Å². The number of aromatic hydroxyl groups is 1. The van der Waals surface area contributed by atoms with E-state index >= 15 is 0 Å². The number of phenolic OH excluding ortho intramolecular Hbond substituents is 1. The van der Waals surface area contributed by atoms with Crippen LogP contribution in [0.3, 0.4) is 0 Å². The van der Waals surface area contributed by atoms with E-state index < -0.39 is 0 Å². The molecule has 0 aliphatic carbocycles. The second-order valence-corrected chi connectivity index (χ2v) is 6.81. The topological polar surface area (TPSA) is 20.2 Å². The molecular formula is C14H22OS. The van der Waals surface area contributed by atoms with Gasteiger partial charge in [-0.25, -0.2) is 0 Å². The lowest BCUT2D eigenvalue weighted by Gasteiger charge is -2.33. The minimum Gasteiger partial charge on any atom is -0.507 e. The van der Waals surface area contributed by atoms with Crippen molar-refractivity contribution in [2.45, 2.75) is 51.3 Å². The average Bonchev–Trinajstić information content (AvgIpc) is 2.05. The monoisotopic (exact) mass is 238 g/mol. The van der Waals surface area contributed by atoms with E-state index in [1.165, 1.54) is 5.56 Å². The molecule has 0 radical (unpaired) electrons. The molecule has 1 N–H and O–H groups in total. The number of thiol groups is 1. The fourth-order valence-corrected chi connectivity index (χ4v) is 2.59. The third kappa shape index (κ3) is 3.44. The van der Waals surface area contributed by atoms with Crippen molar-refractivity contribution in [3.8, 4) is 5.75 Å². The molecule has 2 heteroatoms. The summed E-state index contributed by atoms with van der Waals surface area (Å²) in [6, 6.07) is 5.67. The standard InChI is InChI=1S/C14H22OS/c1-13(2,3)9-14(4,5)10-6-7-11(15)12(16)8-10/h6-8,15-16H,9H2,1-5H3. The number of hydrogen-bond donors (Lipinski definition) is 2. The second-order valence-electron chi connectivity index (χ2n) is 6.32. The first-order chi connectivity index (χ1) is 7.12. The fourth-order valence-electron chi connectivity index (χ4n) is 2.37. The van der Waals surface area contributed by atoms with Crippen molar-refractivity contribution in [1.82, 2.24) is 0 Å². The van der Waals surface area contributed by atoms with Gasteiger partial charge in [-0.05, 0) is 34.9 Å². The van der Waals surface area contributed by atoms with Gasteiger partial charge in [-0.15, -0.1) is 12.6 Å². The van der Waals surface area contributed by atoms with Gasteiger partial charge < -0.3 is 5.11 Å². The van der Waals surface area contributed by atoms with E-state index in [1.54, 1.807) is 6.07 Å². The quantitative estimate of drug-likeness (QED) is 0.732. The third-order valence-electron chi connectivity index (χ3n) is 2.73. The van der Waals surface area contributed by atoms with Gasteiger partial charge in [0.15, 0.2) is 0 Å². The lowest BCUT2D eigenvalue weighted by Crippen LogP contribution is -2.24. The second kappa shape index (κ2) is 4.33. The predicted octanol–water partition coefficient (Wildman–Crippen LogP) is 4.39. The van der Waals surface area contributed by atoms with Gasteiger partial charge in [-0.3, -0.25) is 0 Å². The summed E-state index contributed by atoms with van der Waals surface area (Å²) >= 11 is 4.26. The number of rotatable bonds is 2. The molecule has 0 atom stereocenters. The average molecular weight is 238 g/mol. The molecular weight excluding hydrogens is 216 g/mol. The van der Waals surface area contributed by atoms with Crippen LogP contribution in [-0.4, -0.2) is 5.11 Å². The molecule has 0 spiro atoms. The Morgan fingerprint density at radius 1 is 1.12 bits per heavy atom. The van der Waals surface area contributed by atoms with Gasteiger partial charge >= 0.3 is 0 Å². The zero-order chi connectivity index (χ0) is 12.6. The molecule has 0 bridgehead atoms. The zero-order valence-corrected chi connectivity index (χ0v) is 11.7. The summed E-state index contributed by atoms with van der Waals surface area (Å²) in [4.78, 5) is 0.652. The first-order valence-electron chi connectivity index (χ1n) is 5.64. The highest BCUT2D eigenvalue weighted by Gasteiger charge is 2.27. The van der Waals surface area contributed by atoms with Crippen LogP contribution in [0, 0.1) is 5.41 Å². The van der Waals surface area contributed by atoms with E-state index in [0.717, 1.165) is 6.42 Å². The molecule has 0 saturated heterocycles. The number of benzene rings is 1. The van der Waals surface area contributed by atoms with Crippen LogP contribution < -0.4 is 0 Å². The van der Waals surface area contributed by atoms with E-state index in [1.807, 2.05) is 12.1 Å². The van der Waals surface area contributed by atoms with Crippen molar-refractivity contribution < 1.29 is 5.11 Å². The molecule has 1 aromatic carbocycles. The Hall–Kier alpha value is -0.630. The van der Waals surface area contributed by atoms with Crippen molar-refractivity contribution in [1.29, 1.82) is 0 Å². The van der Waals surface area contributed by atoms with Gasteiger partial charge in [0.25, 0.3) is 0 Å². The molecule has 16 heavy (non-hydrogen) atoms. The Balaban J connectivity index is 3.02. The van der Waals surface area contributed by atoms with Crippen LogP contribution in [-0.2, 0) is 5.41 Å². The van der Waals surface area contributed by atoms with Crippen LogP contribution in [0.25, 0.3) is 0 Å². The van der Waals surface area contributed by atoms with E-state index in [9.17, 15) is 5.11 Å². The molecule has 0 unspecified atom stereocenters. The van der Waals surface area contributed by atoms with Gasteiger partial charge in [0, 0.05) is 4.90 Å². The number of phenols is 1. The smallest absolute Gasteiger partial charge is 0.128 e. The highest BCUT2D eigenvalue weighted by molar-refractivity contribution is 7.80. The SMILES string of the molecule is CC(C)(C)CC(C)(C)c1ccc(O)c(S)c1. The van der Waals surface area contributed by atoms with Crippen LogP contribution in [0.4, 0.5) is 0 Å². The summed E-state index contributed by atoms with van der Waals surface area (Å²) in [6.45, 7) is 11.2. The minimum atomic E-state index is 0.101. The van der Waals surface area contributed by atoms with Crippen molar-refractivity contribution in [2.24, 2.45) is 5.41 Å². The summed E-state index contributed by atoms with van der Waals surface area (Å²) in [7, 11) is 0. The molecule has 1 nitrogen and oxygen atoms in total. The van der Waals surface area contributed by atoms with Crippen LogP contribution in [0.15, 0.2) is 23.1 Å². The van der Waals surface area contributed by atoms with Crippen LogP contribution in [0.2, 0.25) is 0 Å². The van der Waals surface area contributed by atoms with Gasteiger partial charge in [0.2, 0.25) is 0 Å². The lowest BCUT2D eigenvalue weighted by molar-refractivity contribution is 0.283. The highest BCUT2D eigenvalue weighted by atomic mass is 32.1. The Kier molecular flexibility index (Phi) is 3.63. The van der Waals surface area contributed by atoms with Gasteiger partial charge in [0.05, 0.1) is 0 Å². The molecule has 0 aliphatic heterocycles. The molecule has 0 fully saturated rings. The van der Waals surface area contributed by atoms with E-state index in [-0.39, 0.29) is 16.6 Å². The van der Waals surface area contributed by atoms with Crippen LogP contribution >= 0.6 is 12.6 Å². The Bertz CT molecular complexity index is 375. The van der Waals surface area contributed by atoms with E-state index in [2.05, 4.69) is 47.2 Å². The lowest BCUT2D eigenvalue weighted by atomic mass is 9.72. The Morgan fingerprint density at radius 3 is 2.12 bits per heavy atom. The first kappa shape index (κ1) is 13.4. The van der Waals surface area contributed by atoms with E-state index in [0.29, 0.717) is 4.90 Å². The summed E-state index contributed by atoms with van der Waals surface area (Å²) in [5.74, 6) is 0.249. The summed E-state index contributed by atoms with van der Waals surface area (Å²) in [5, 5.41) is 9.47. The molecule has 90 valence electrons.